The second kappa shape index (κ2) is 13.6. The average molecular weight is 234 g/mol. The highest BCUT2D eigenvalue weighted by atomic mass is 14.1. The quantitative estimate of drug-likeness (QED) is 0.341. The van der Waals surface area contributed by atoms with Crippen molar-refractivity contribution in [1.82, 2.24) is 0 Å². The molecule has 0 aliphatic carbocycles. The van der Waals surface area contributed by atoms with Crippen LogP contribution in [0.2, 0.25) is 0 Å². The lowest BCUT2D eigenvalue weighted by Gasteiger charge is -2.09. The van der Waals surface area contributed by atoms with E-state index in [2.05, 4.69) is 32.6 Å². The molecule has 1 unspecified atom stereocenters. The number of rotatable bonds is 10. The largest absolute Gasteiger partial charge is 0.103 e. The highest BCUT2D eigenvalue weighted by Gasteiger charge is 2.00. The molecular weight excluding hydrogens is 204 g/mol. The van der Waals surface area contributed by atoms with Gasteiger partial charge in [-0.05, 0) is 18.8 Å². The zero-order valence-corrected chi connectivity index (χ0v) is 11.8. The highest BCUT2D eigenvalue weighted by molar-refractivity contribution is 4.98. The SMILES string of the molecule is [CH2]CCC#CCCCCCCC(C)CCC[CH2]. The average Bonchev–Trinajstić information content (AvgIpc) is 2.34. The first-order valence-corrected chi connectivity index (χ1v) is 7.35. The molecule has 0 N–H and O–H groups in total. The summed E-state index contributed by atoms with van der Waals surface area (Å²) >= 11 is 0. The van der Waals surface area contributed by atoms with E-state index in [0.29, 0.717) is 0 Å². The van der Waals surface area contributed by atoms with Gasteiger partial charge in [0.15, 0.2) is 0 Å². The summed E-state index contributed by atoms with van der Waals surface area (Å²) in [6.45, 7) is 10.0. The van der Waals surface area contributed by atoms with Crippen molar-refractivity contribution in [3.05, 3.63) is 13.8 Å². The van der Waals surface area contributed by atoms with Crippen molar-refractivity contribution < 1.29 is 0 Å². The molecule has 0 fully saturated rings. The Kier molecular flexibility index (Phi) is 13.3. The third-order valence-corrected chi connectivity index (χ3v) is 3.12. The molecule has 0 saturated heterocycles. The summed E-state index contributed by atoms with van der Waals surface area (Å²) in [5.41, 5.74) is 0. The molecule has 0 spiro atoms. The first-order chi connectivity index (χ1) is 8.31. The first-order valence-electron chi connectivity index (χ1n) is 7.35. The van der Waals surface area contributed by atoms with Crippen LogP contribution >= 0.6 is 0 Å². The van der Waals surface area contributed by atoms with Gasteiger partial charge in [0.1, 0.15) is 0 Å². The zero-order valence-electron chi connectivity index (χ0n) is 11.8. The van der Waals surface area contributed by atoms with Crippen LogP contribution in [0.1, 0.15) is 77.6 Å². The fraction of sp³-hybridized carbons (Fsp3) is 0.765. The van der Waals surface area contributed by atoms with E-state index in [1.807, 2.05) is 0 Å². The molecule has 17 heavy (non-hydrogen) atoms. The molecule has 0 heteroatoms. The highest BCUT2D eigenvalue weighted by Crippen LogP contribution is 2.16. The topological polar surface area (TPSA) is 0 Å². The van der Waals surface area contributed by atoms with Crippen molar-refractivity contribution in [2.24, 2.45) is 5.92 Å². The molecule has 0 aromatic carbocycles. The minimum Gasteiger partial charge on any atom is -0.103 e. The Morgan fingerprint density at radius 2 is 1.41 bits per heavy atom. The van der Waals surface area contributed by atoms with Gasteiger partial charge < -0.3 is 0 Å². The molecule has 0 aliphatic heterocycles. The van der Waals surface area contributed by atoms with Crippen LogP contribution in [-0.4, -0.2) is 0 Å². The first kappa shape index (κ1) is 16.6. The minimum absolute atomic E-state index is 0.897. The third kappa shape index (κ3) is 13.5. The van der Waals surface area contributed by atoms with Crippen LogP contribution in [0.4, 0.5) is 0 Å². The van der Waals surface area contributed by atoms with E-state index in [9.17, 15) is 0 Å². The zero-order chi connectivity index (χ0) is 12.8. The molecule has 0 bridgehead atoms. The van der Waals surface area contributed by atoms with Crippen molar-refractivity contribution in [1.29, 1.82) is 0 Å². The molecule has 98 valence electrons. The van der Waals surface area contributed by atoms with Gasteiger partial charge >= 0.3 is 0 Å². The summed E-state index contributed by atoms with van der Waals surface area (Å²) in [6.07, 6.45) is 13.5. The van der Waals surface area contributed by atoms with Crippen LogP contribution in [0.25, 0.3) is 0 Å². The van der Waals surface area contributed by atoms with Crippen molar-refractivity contribution in [3.8, 4) is 11.8 Å². The van der Waals surface area contributed by atoms with E-state index in [1.165, 1.54) is 44.9 Å². The lowest BCUT2D eigenvalue weighted by Crippen LogP contribution is -1.94. The molecule has 0 rings (SSSR count). The van der Waals surface area contributed by atoms with Gasteiger partial charge in [-0.2, -0.15) is 0 Å². The number of unbranched alkanes of at least 4 members (excludes halogenated alkanes) is 6. The van der Waals surface area contributed by atoms with Crippen LogP contribution in [0.5, 0.6) is 0 Å². The van der Waals surface area contributed by atoms with Gasteiger partial charge in [0.2, 0.25) is 0 Å². The summed E-state index contributed by atoms with van der Waals surface area (Å²) in [6, 6.07) is 0. The maximum Gasteiger partial charge on any atom is 0.00886 e. The van der Waals surface area contributed by atoms with Crippen molar-refractivity contribution in [2.45, 2.75) is 77.6 Å². The Morgan fingerprint density at radius 1 is 0.765 bits per heavy atom. The molecule has 0 aromatic heterocycles. The molecule has 2 radical (unpaired) electrons. The van der Waals surface area contributed by atoms with Crippen LogP contribution in [0.3, 0.4) is 0 Å². The van der Waals surface area contributed by atoms with E-state index in [1.54, 1.807) is 0 Å². The van der Waals surface area contributed by atoms with Gasteiger partial charge in [-0.15, -0.1) is 11.8 Å². The minimum atomic E-state index is 0.897. The van der Waals surface area contributed by atoms with E-state index >= 15 is 0 Å². The van der Waals surface area contributed by atoms with E-state index < -0.39 is 0 Å². The molecule has 0 heterocycles. The van der Waals surface area contributed by atoms with Gasteiger partial charge in [-0.3, -0.25) is 0 Å². The van der Waals surface area contributed by atoms with Gasteiger partial charge in [-0.1, -0.05) is 65.7 Å². The fourth-order valence-corrected chi connectivity index (χ4v) is 1.96. The van der Waals surface area contributed by atoms with Crippen LogP contribution < -0.4 is 0 Å². The normalized spacial score (nSPS) is 11.9. The fourth-order valence-electron chi connectivity index (χ4n) is 1.96. The van der Waals surface area contributed by atoms with Crippen molar-refractivity contribution in [2.75, 3.05) is 0 Å². The Hall–Kier alpha value is -0.440. The van der Waals surface area contributed by atoms with Crippen LogP contribution in [-0.2, 0) is 0 Å². The summed E-state index contributed by atoms with van der Waals surface area (Å²) in [7, 11) is 0. The summed E-state index contributed by atoms with van der Waals surface area (Å²) in [4.78, 5) is 0. The van der Waals surface area contributed by atoms with Crippen LogP contribution in [0.15, 0.2) is 0 Å². The molecule has 0 aromatic rings. The predicted octanol–water partition coefficient (Wildman–Crippen LogP) is 5.59. The van der Waals surface area contributed by atoms with E-state index in [4.69, 9.17) is 0 Å². The maximum atomic E-state index is 3.89. The van der Waals surface area contributed by atoms with Gasteiger partial charge in [0.25, 0.3) is 0 Å². The van der Waals surface area contributed by atoms with Gasteiger partial charge in [0, 0.05) is 12.8 Å². The second-order valence-corrected chi connectivity index (χ2v) is 5.01. The summed E-state index contributed by atoms with van der Waals surface area (Å²) in [5.74, 6) is 7.26. The molecule has 1 atom stereocenters. The molecule has 0 aliphatic rings. The lowest BCUT2D eigenvalue weighted by molar-refractivity contribution is 0.447. The van der Waals surface area contributed by atoms with Gasteiger partial charge in [0.05, 0.1) is 0 Å². The monoisotopic (exact) mass is 234 g/mol. The third-order valence-electron chi connectivity index (χ3n) is 3.12. The lowest BCUT2D eigenvalue weighted by atomic mass is 9.97. The molecule has 0 nitrogen and oxygen atoms in total. The standard InChI is InChI=1S/C17H30/c1-4-6-8-9-10-11-12-13-14-16-17(3)15-7-5-2/h17H,1-2,4-7,10-16H2,3H3. The van der Waals surface area contributed by atoms with Crippen molar-refractivity contribution >= 4 is 0 Å². The van der Waals surface area contributed by atoms with E-state index in [-0.39, 0.29) is 0 Å². The Balaban J connectivity index is 3.16. The Morgan fingerprint density at radius 3 is 2.12 bits per heavy atom. The summed E-state index contributed by atoms with van der Waals surface area (Å²) < 4.78 is 0. The smallest absolute Gasteiger partial charge is 0.00886 e. The Bertz CT molecular complexity index is 194. The summed E-state index contributed by atoms with van der Waals surface area (Å²) in [5, 5.41) is 0. The van der Waals surface area contributed by atoms with Gasteiger partial charge in [-0.25, -0.2) is 0 Å². The van der Waals surface area contributed by atoms with Crippen molar-refractivity contribution in [3.63, 3.8) is 0 Å². The Labute approximate surface area is 110 Å². The van der Waals surface area contributed by atoms with Crippen LogP contribution in [0, 0.1) is 31.6 Å². The second-order valence-electron chi connectivity index (χ2n) is 5.01. The molecular formula is C17H30. The van der Waals surface area contributed by atoms with E-state index in [0.717, 1.165) is 31.6 Å². The molecule has 0 amide bonds. The predicted molar refractivity (Wildman–Crippen MR) is 78.4 cm³/mol. The number of hydrogen-bond acceptors (Lipinski definition) is 0. The number of hydrogen-bond donors (Lipinski definition) is 0. The maximum absolute atomic E-state index is 3.89. The molecule has 0 saturated carbocycles.